The zero-order valence-corrected chi connectivity index (χ0v) is 10.2. The summed E-state index contributed by atoms with van der Waals surface area (Å²) in [4.78, 5) is 3.06. The predicted molar refractivity (Wildman–Crippen MR) is 61.9 cm³/mol. The van der Waals surface area contributed by atoms with Crippen LogP contribution in [0.15, 0.2) is 6.07 Å². The van der Waals surface area contributed by atoms with Crippen molar-refractivity contribution in [2.75, 3.05) is 0 Å². The molecule has 0 aliphatic carbocycles. The average molecular weight is 196 g/mol. The van der Waals surface area contributed by atoms with E-state index in [1.807, 2.05) is 11.3 Å². The Morgan fingerprint density at radius 2 is 1.92 bits per heavy atom. The molecule has 1 aromatic heterocycles. The third kappa shape index (κ3) is 2.34. The molecule has 0 spiro atoms. The van der Waals surface area contributed by atoms with Gasteiger partial charge in [0.25, 0.3) is 0 Å². The summed E-state index contributed by atoms with van der Waals surface area (Å²) in [5.74, 6) is 1.41. The van der Waals surface area contributed by atoms with Gasteiger partial charge in [0.05, 0.1) is 0 Å². The molecule has 0 aliphatic heterocycles. The van der Waals surface area contributed by atoms with Crippen LogP contribution < -0.4 is 0 Å². The van der Waals surface area contributed by atoms with Crippen LogP contribution >= 0.6 is 11.3 Å². The fraction of sp³-hybridized carbons (Fsp3) is 0.667. The van der Waals surface area contributed by atoms with E-state index in [1.165, 1.54) is 11.3 Å². The largest absolute Gasteiger partial charge is 0.145 e. The maximum atomic E-state index is 2.36. The highest BCUT2D eigenvalue weighted by Crippen LogP contribution is 2.35. The number of thiophene rings is 1. The Balaban J connectivity index is 3.04. The number of rotatable bonds is 3. The topological polar surface area (TPSA) is 0 Å². The molecule has 1 aromatic rings. The van der Waals surface area contributed by atoms with Crippen molar-refractivity contribution < 1.29 is 0 Å². The first-order valence-corrected chi connectivity index (χ1v) is 5.98. The number of aryl methyl sites for hydroxylation is 1. The van der Waals surface area contributed by atoms with E-state index < -0.39 is 0 Å². The van der Waals surface area contributed by atoms with E-state index in [0.717, 1.165) is 5.92 Å². The third-order valence-corrected chi connectivity index (χ3v) is 3.89. The van der Waals surface area contributed by atoms with E-state index in [9.17, 15) is 0 Å². The first kappa shape index (κ1) is 10.8. The second-order valence-electron chi connectivity index (χ2n) is 4.14. The summed E-state index contributed by atoms with van der Waals surface area (Å²) < 4.78 is 0. The molecule has 0 amide bonds. The molecule has 0 saturated carbocycles. The van der Waals surface area contributed by atoms with Crippen molar-refractivity contribution in [1.29, 1.82) is 0 Å². The van der Waals surface area contributed by atoms with Gasteiger partial charge in [0.15, 0.2) is 0 Å². The molecule has 0 bridgehead atoms. The first-order chi connectivity index (χ1) is 6.06. The molecule has 0 fully saturated rings. The first-order valence-electron chi connectivity index (χ1n) is 5.16. The Morgan fingerprint density at radius 1 is 1.31 bits per heavy atom. The molecule has 1 unspecified atom stereocenters. The van der Waals surface area contributed by atoms with Gasteiger partial charge in [-0.1, -0.05) is 27.7 Å². The summed E-state index contributed by atoms with van der Waals surface area (Å²) in [6.45, 7) is 11.4. The highest BCUT2D eigenvalue weighted by atomic mass is 32.1. The van der Waals surface area contributed by atoms with Crippen molar-refractivity contribution in [1.82, 2.24) is 0 Å². The van der Waals surface area contributed by atoms with Gasteiger partial charge in [-0.15, -0.1) is 11.3 Å². The maximum Gasteiger partial charge on any atom is 0.0111 e. The zero-order valence-electron chi connectivity index (χ0n) is 9.35. The minimum Gasteiger partial charge on any atom is -0.145 e. The highest BCUT2D eigenvalue weighted by molar-refractivity contribution is 7.12. The van der Waals surface area contributed by atoms with Crippen molar-refractivity contribution in [2.24, 2.45) is 0 Å². The van der Waals surface area contributed by atoms with Crippen LogP contribution in [0.1, 0.15) is 61.3 Å². The molecule has 1 heterocycles. The molecule has 0 aromatic carbocycles. The van der Waals surface area contributed by atoms with Crippen molar-refractivity contribution in [3.8, 4) is 0 Å². The standard InChI is InChI=1S/C12H20S/c1-6-9(4)12-11(8(2)3)7-10(5)13-12/h7-9H,6H2,1-5H3. The van der Waals surface area contributed by atoms with Crippen LogP contribution in [0, 0.1) is 6.92 Å². The smallest absolute Gasteiger partial charge is 0.0111 e. The molecule has 1 heteroatoms. The fourth-order valence-corrected chi connectivity index (χ4v) is 2.89. The summed E-state index contributed by atoms with van der Waals surface area (Å²) in [7, 11) is 0. The van der Waals surface area contributed by atoms with Gasteiger partial charge >= 0.3 is 0 Å². The lowest BCUT2D eigenvalue weighted by atomic mass is 9.96. The summed E-state index contributed by atoms with van der Waals surface area (Å²) in [5.41, 5.74) is 1.57. The van der Waals surface area contributed by atoms with Crippen LogP contribution in [-0.4, -0.2) is 0 Å². The van der Waals surface area contributed by atoms with Crippen LogP contribution in [0.3, 0.4) is 0 Å². The molecule has 0 saturated heterocycles. The van der Waals surface area contributed by atoms with Gasteiger partial charge in [-0.3, -0.25) is 0 Å². The van der Waals surface area contributed by atoms with E-state index in [2.05, 4.69) is 40.7 Å². The Bertz CT molecular complexity index is 271. The van der Waals surface area contributed by atoms with Crippen LogP contribution in [-0.2, 0) is 0 Å². The zero-order chi connectivity index (χ0) is 10.0. The second kappa shape index (κ2) is 4.28. The van der Waals surface area contributed by atoms with Crippen LogP contribution in [0.4, 0.5) is 0 Å². The van der Waals surface area contributed by atoms with Crippen molar-refractivity contribution in [2.45, 2.75) is 52.9 Å². The molecule has 0 N–H and O–H groups in total. The minimum atomic E-state index is 0.675. The molecule has 0 nitrogen and oxygen atoms in total. The summed E-state index contributed by atoms with van der Waals surface area (Å²) >= 11 is 1.98. The molecule has 0 radical (unpaired) electrons. The van der Waals surface area contributed by atoms with Crippen molar-refractivity contribution in [3.63, 3.8) is 0 Å². The quantitative estimate of drug-likeness (QED) is 0.657. The molecular weight excluding hydrogens is 176 g/mol. The van der Waals surface area contributed by atoms with Gasteiger partial charge in [-0.05, 0) is 36.8 Å². The number of hydrogen-bond acceptors (Lipinski definition) is 1. The van der Waals surface area contributed by atoms with Gasteiger partial charge in [0, 0.05) is 9.75 Å². The Labute approximate surface area is 86.0 Å². The SMILES string of the molecule is CCC(C)c1sc(C)cc1C(C)C. The van der Waals surface area contributed by atoms with Crippen LogP contribution in [0.5, 0.6) is 0 Å². The molecule has 74 valence electrons. The van der Waals surface area contributed by atoms with Crippen molar-refractivity contribution >= 4 is 11.3 Å². The summed E-state index contributed by atoms with van der Waals surface area (Å²) in [6, 6.07) is 2.36. The van der Waals surface area contributed by atoms with Crippen LogP contribution in [0.25, 0.3) is 0 Å². The predicted octanol–water partition coefficient (Wildman–Crippen LogP) is 4.69. The monoisotopic (exact) mass is 196 g/mol. The fourth-order valence-electron chi connectivity index (χ4n) is 1.57. The van der Waals surface area contributed by atoms with E-state index in [0.29, 0.717) is 5.92 Å². The summed E-state index contributed by atoms with van der Waals surface area (Å²) in [5, 5.41) is 0. The van der Waals surface area contributed by atoms with Gasteiger partial charge in [0.2, 0.25) is 0 Å². The highest BCUT2D eigenvalue weighted by Gasteiger charge is 2.14. The van der Waals surface area contributed by atoms with E-state index >= 15 is 0 Å². The Morgan fingerprint density at radius 3 is 2.38 bits per heavy atom. The lowest BCUT2D eigenvalue weighted by Gasteiger charge is -2.11. The average Bonchev–Trinajstić information content (AvgIpc) is 2.46. The third-order valence-electron chi connectivity index (χ3n) is 2.60. The van der Waals surface area contributed by atoms with Gasteiger partial charge in [-0.2, -0.15) is 0 Å². The van der Waals surface area contributed by atoms with Crippen LogP contribution in [0.2, 0.25) is 0 Å². The Kier molecular flexibility index (Phi) is 3.55. The minimum absolute atomic E-state index is 0.675. The normalized spacial score (nSPS) is 13.7. The number of hydrogen-bond donors (Lipinski definition) is 0. The van der Waals surface area contributed by atoms with Crippen molar-refractivity contribution in [3.05, 3.63) is 21.4 Å². The second-order valence-corrected chi connectivity index (χ2v) is 5.43. The molecule has 1 rings (SSSR count). The van der Waals surface area contributed by atoms with E-state index in [1.54, 1.807) is 10.4 Å². The summed E-state index contributed by atoms with van der Waals surface area (Å²) in [6.07, 6.45) is 1.25. The molecule has 13 heavy (non-hydrogen) atoms. The lowest BCUT2D eigenvalue weighted by molar-refractivity contribution is 0.724. The van der Waals surface area contributed by atoms with Gasteiger partial charge in [0.1, 0.15) is 0 Å². The maximum absolute atomic E-state index is 2.36. The van der Waals surface area contributed by atoms with Gasteiger partial charge in [-0.25, -0.2) is 0 Å². The van der Waals surface area contributed by atoms with E-state index in [4.69, 9.17) is 0 Å². The molecule has 1 atom stereocenters. The lowest BCUT2D eigenvalue weighted by Crippen LogP contribution is -1.94. The molecular formula is C12H20S. The van der Waals surface area contributed by atoms with E-state index in [-0.39, 0.29) is 0 Å². The van der Waals surface area contributed by atoms with Gasteiger partial charge < -0.3 is 0 Å². The molecule has 0 aliphatic rings. The Hall–Kier alpha value is -0.300.